The standard InChI is InChI=1S/C15H10Cl2N2O3S/c16-9-4-5-12(17)11(7-9)13(20)19-15(23)18-10-3-1-2-8(6-10)14(21)22/h1-7H,(H,21,22)(H2,18,19,20,23)/p-1. The highest BCUT2D eigenvalue weighted by molar-refractivity contribution is 7.80. The predicted octanol–water partition coefficient (Wildman–Crippen LogP) is 2.48. The largest absolute Gasteiger partial charge is 0.545 e. The van der Waals surface area contributed by atoms with Crippen LogP contribution in [0.2, 0.25) is 10.0 Å². The van der Waals surface area contributed by atoms with Crippen LogP contribution in [0.15, 0.2) is 42.5 Å². The minimum absolute atomic E-state index is 0.0120. The molecule has 8 heteroatoms. The van der Waals surface area contributed by atoms with Crippen LogP contribution in [0, 0.1) is 0 Å². The minimum atomic E-state index is -1.31. The first-order chi connectivity index (χ1) is 10.9. The number of hydrogen-bond donors (Lipinski definition) is 2. The van der Waals surface area contributed by atoms with Crippen molar-refractivity contribution in [3.63, 3.8) is 0 Å². The number of amides is 1. The van der Waals surface area contributed by atoms with Crippen molar-refractivity contribution in [2.75, 3.05) is 5.32 Å². The monoisotopic (exact) mass is 367 g/mol. The molecule has 0 saturated heterocycles. The zero-order valence-corrected chi connectivity index (χ0v) is 13.8. The van der Waals surface area contributed by atoms with E-state index in [0.717, 1.165) is 0 Å². The quantitative estimate of drug-likeness (QED) is 0.814. The maximum absolute atomic E-state index is 12.1. The molecule has 2 rings (SSSR count). The first-order valence-electron chi connectivity index (χ1n) is 6.25. The molecule has 0 radical (unpaired) electrons. The second-order valence-corrected chi connectivity index (χ2v) is 5.65. The van der Waals surface area contributed by atoms with E-state index in [1.54, 1.807) is 12.1 Å². The van der Waals surface area contributed by atoms with Crippen LogP contribution in [-0.2, 0) is 0 Å². The number of anilines is 1. The Morgan fingerprint density at radius 1 is 1.09 bits per heavy atom. The molecule has 0 saturated carbocycles. The van der Waals surface area contributed by atoms with Crippen molar-refractivity contribution in [2.24, 2.45) is 0 Å². The molecule has 0 heterocycles. The maximum Gasteiger partial charge on any atom is 0.258 e. The number of carbonyl (C=O) groups excluding carboxylic acids is 2. The van der Waals surface area contributed by atoms with Crippen molar-refractivity contribution < 1.29 is 14.7 Å². The van der Waals surface area contributed by atoms with Gasteiger partial charge in [-0.3, -0.25) is 10.1 Å². The molecule has 0 aliphatic rings. The Morgan fingerprint density at radius 2 is 1.83 bits per heavy atom. The zero-order valence-electron chi connectivity index (χ0n) is 11.4. The van der Waals surface area contributed by atoms with Crippen molar-refractivity contribution in [2.45, 2.75) is 0 Å². The van der Waals surface area contributed by atoms with E-state index in [0.29, 0.717) is 10.7 Å². The fourth-order valence-electron chi connectivity index (χ4n) is 1.73. The van der Waals surface area contributed by atoms with Gasteiger partial charge in [0.15, 0.2) is 5.11 Å². The molecule has 0 fully saturated rings. The molecular formula is C15H9Cl2N2O3S-. The Balaban J connectivity index is 2.07. The highest BCUT2D eigenvalue weighted by Gasteiger charge is 2.12. The van der Waals surface area contributed by atoms with Gasteiger partial charge in [0.1, 0.15) is 0 Å². The van der Waals surface area contributed by atoms with E-state index in [4.69, 9.17) is 35.4 Å². The molecular weight excluding hydrogens is 359 g/mol. The van der Waals surface area contributed by atoms with Crippen LogP contribution in [0.5, 0.6) is 0 Å². The first-order valence-corrected chi connectivity index (χ1v) is 7.42. The lowest BCUT2D eigenvalue weighted by Gasteiger charge is -2.12. The van der Waals surface area contributed by atoms with Crippen LogP contribution in [0.25, 0.3) is 0 Å². The second-order valence-electron chi connectivity index (χ2n) is 4.40. The van der Waals surface area contributed by atoms with Crippen molar-refractivity contribution in [1.82, 2.24) is 5.32 Å². The lowest BCUT2D eigenvalue weighted by Crippen LogP contribution is -2.34. The number of halogens is 2. The van der Waals surface area contributed by atoms with Gasteiger partial charge in [0, 0.05) is 10.7 Å². The highest BCUT2D eigenvalue weighted by atomic mass is 35.5. The Kier molecular flexibility index (Phi) is 5.54. The van der Waals surface area contributed by atoms with Gasteiger partial charge in [-0.15, -0.1) is 0 Å². The predicted molar refractivity (Wildman–Crippen MR) is 90.9 cm³/mol. The van der Waals surface area contributed by atoms with Gasteiger partial charge in [0.25, 0.3) is 5.91 Å². The van der Waals surface area contributed by atoms with Crippen molar-refractivity contribution in [1.29, 1.82) is 0 Å². The van der Waals surface area contributed by atoms with Crippen molar-refractivity contribution >= 4 is 58.1 Å². The van der Waals surface area contributed by atoms with E-state index < -0.39 is 11.9 Å². The number of benzene rings is 2. The summed E-state index contributed by atoms with van der Waals surface area (Å²) in [6.07, 6.45) is 0. The molecule has 118 valence electrons. The van der Waals surface area contributed by atoms with E-state index in [-0.39, 0.29) is 21.3 Å². The topological polar surface area (TPSA) is 81.3 Å². The van der Waals surface area contributed by atoms with Gasteiger partial charge in [-0.25, -0.2) is 0 Å². The fourth-order valence-corrected chi connectivity index (χ4v) is 2.31. The number of aromatic carboxylic acids is 1. The van der Waals surface area contributed by atoms with Crippen LogP contribution in [0.1, 0.15) is 20.7 Å². The highest BCUT2D eigenvalue weighted by Crippen LogP contribution is 2.20. The molecule has 2 aromatic carbocycles. The molecule has 0 aromatic heterocycles. The molecule has 1 amide bonds. The van der Waals surface area contributed by atoms with Crippen LogP contribution in [0.4, 0.5) is 5.69 Å². The third-order valence-electron chi connectivity index (χ3n) is 2.76. The van der Waals surface area contributed by atoms with E-state index in [1.165, 1.54) is 30.3 Å². The fraction of sp³-hybridized carbons (Fsp3) is 0. The van der Waals surface area contributed by atoms with Gasteiger partial charge >= 0.3 is 0 Å². The Labute approximate surface area is 147 Å². The number of thiocarbonyl (C=S) groups is 1. The van der Waals surface area contributed by atoms with Gasteiger partial charge in [0.2, 0.25) is 0 Å². The number of carboxylic acid groups (broad SMARTS) is 1. The normalized spacial score (nSPS) is 10.0. The number of carboxylic acids is 1. The molecule has 0 aliphatic heterocycles. The van der Waals surface area contributed by atoms with Crippen LogP contribution < -0.4 is 15.7 Å². The lowest BCUT2D eigenvalue weighted by atomic mass is 10.2. The van der Waals surface area contributed by atoms with E-state index in [1.807, 2.05) is 0 Å². The number of nitrogens with one attached hydrogen (secondary N) is 2. The summed E-state index contributed by atoms with van der Waals surface area (Å²) in [4.78, 5) is 22.9. The van der Waals surface area contributed by atoms with Gasteiger partial charge in [0.05, 0.1) is 16.6 Å². The average molecular weight is 368 g/mol. The van der Waals surface area contributed by atoms with E-state index >= 15 is 0 Å². The van der Waals surface area contributed by atoms with Gasteiger partial charge in [-0.05, 0) is 48.1 Å². The maximum atomic E-state index is 12.1. The number of carbonyl (C=O) groups is 2. The summed E-state index contributed by atoms with van der Waals surface area (Å²) in [6, 6.07) is 10.3. The molecule has 0 unspecified atom stereocenters. The molecule has 2 aromatic rings. The summed E-state index contributed by atoms with van der Waals surface area (Å²) in [5.74, 6) is -1.85. The van der Waals surface area contributed by atoms with Gasteiger partial charge in [-0.1, -0.05) is 35.3 Å². The number of rotatable bonds is 3. The third kappa shape index (κ3) is 4.66. The van der Waals surface area contributed by atoms with Crippen LogP contribution >= 0.6 is 35.4 Å². The Bertz CT molecular complexity index is 796. The second kappa shape index (κ2) is 7.41. The average Bonchev–Trinajstić information content (AvgIpc) is 2.49. The summed E-state index contributed by atoms with van der Waals surface area (Å²) in [7, 11) is 0. The summed E-state index contributed by atoms with van der Waals surface area (Å²) >= 11 is 16.8. The molecule has 0 bridgehead atoms. The molecule has 5 nitrogen and oxygen atoms in total. The zero-order chi connectivity index (χ0) is 17.0. The van der Waals surface area contributed by atoms with Crippen LogP contribution in [0.3, 0.4) is 0 Å². The lowest BCUT2D eigenvalue weighted by molar-refractivity contribution is -0.255. The van der Waals surface area contributed by atoms with Crippen molar-refractivity contribution in [3.05, 3.63) is 63.6 Å². The molecule has 0 atom stereocenters. The molecule has 23 heavy (non-hydrogen) atoms. The third-order valence-corrected chi connectivity index (χ3v) is 3.53. The summed E-state index contributed by atoms with van der Waals surface area (Å²) in [5, 5.41) is 16.5. The summed E-state index contributed by atoms with van der Waals surface area (Å²) in [5.41, 5.74) is 0.558. The van der Waals surface area contributed by atoms with Gasteiger partial charge in [-0.2, -0.15) is 0 Å². The first kappa shape index (κ1) is 17.2. The molecule has 2 N–H and O–H groups in total. The summed E-state index contributed by atoms with van der Waals surface area (Å²) < 4.78 is 0. The van der Waals surface area contributed by atoms with Crippen molar-refractivity contribution in [3.8, 4) is 0 Å². The minimum Gasteiger partial charge on any atom is -0.545 e. The summed E-state index contributed by atoms with van der Waals surface area (Å²) in [6.45, 7) is 0. The van der Waals surface area contributed by atoms with Crippen LogP contribution in [-0.4, -0.2) is 17.0 Å². The molecule has 0 spiro atoms. The Hall–Kier alpha value is -2.15. The van der Waals surface area contributed by atoms with E-state index in [9.17, 15) is 14.7 Å². The Morgan fingerprint density at radius 3 is 2.52 bits per heavy atom. The SMILES string of the molecule is O=C([O-])c1cccc(NC(=S)NC(=O)c2cc(Cl)ccc2Cl)c1. The molecule has 0 aliphatic carbocycles. The van der Waals surface area contributed by atoms with E-state index in [2.05, 4.69) is 10.6 Å². The number of hydrogen-bond acceptors (Lipinski definition) is 4. The van der Waals surface area contributed by atoms with Gasteiger partial charge < -0.3 is 15.2 Å². The smallest absolute Gasteiger partial charge is 0.258 e.